The molecule has 1 N–H and O–H groups in total. The van der Waals surface area contributed by atoms with Gasteiger partial charge in [-0.2, -0.15) is 0 Å². The molecule has 1 aromatic rings. The van der Waals surface area contributed by atoms with Crippen molar-refractivity contribution in [3.8, 4) is 0 Å². The molecule has 1 aromatic carbocycles. The van der Waals surface area contributed by atoms with Crippen molar-refractivity contribution in [2.75, 3.05) is 0 Å². The van der Waals surface area contributed by atoms with E-state index in [4.69, 9.17) is 11.6 Å². The summed E-state index contributed by atoms with van der Waals surface area (Å²) in [5, 5.41) is 4.61. The molecule has 0 saturated carbocycles. The predicted molar refractivity (Wildman–Crippen MR) is 74.6 cm³/mol. The first-order valence-electron chi connectivity index (χ1n) is 6.42. The molecule has 0 fully saturated rings. The minimum Gasteiger partial charge on any atom is -0.307 e. The molecule has 0 heterocycles. The van der Waals surface area contributed by atoms with Crippen LogP contribution in [0.4, 0.5) is 0 Å². The van der Waals surface area contributed by atoms with E-state index >= 15 is 0 Å². The Hall–Kier alpha value is -0.530. The minimum absolute atomic E-state index is 0.301. The van der Waals surface area contributed by atoms with Crippen molar-refractivity contribution in [2.45, 2.75) is 52.6 Å². The average Bonchev–Trinajstić information content (AvgIpc) is 2.59. The van der Waals surface area contributed by atoms with Crippen LogP contribution >= 0.6 is 11.6 Å². The molecule has 0 amide bonds. The number of aryl methyl sites for hydroxylation is 1. The molecule has 0 bridgehead atoms. The summed E-state index contributed by atoms with van der Waals surface area (Å²) in [6, 6.07) is 7.30. The molecule has 2 rings (SSSR count). The molecular weight excluding hydrogens is 230 g/mol. The quantitative estimate of drug-likeness (QED) is 0.824. The highest BCUT2D eigenvalue weighted by Gasteiger charge is 2.27. The van der Waals surface area contributed by atoms with Crippen LogP contribution in [-0.2, 0) is 6.42 Å². The Balaban J connectivity index is 2.12. The van der Waals surface area contributed by atoms with E-state index in [9.17, 15) is 0 Å². The Kier molecular flexibility index (Phi) is 3.51. The summed E-state index contributed by atoms with van der Waals surface area (Å²) < 4.78 is 0. The predicted octanol–water partition coefficient (Wildman–Crippen LogP) is 4.35. The van der Waals surface area contributed by atoms with Crippen molar-refractivity contribution in [1.82, 2.24) is 5.32 Å². The summed E-state index contributed by atoms with van der Waals surface area (Å²) in [6.07, 6.45) is 2.33. The lowest BCUT2D eigenvalue weighted by atomic mass is 9.87. The Morgan fingerprint density at radius 3 is 2.71 bits per heavy atom. The van der Waals surface area contributed by atoms with E-state index < -0.39 is 0 Å². The van der Waals surface area contributed by atoms with Crippen molar-refractivity contribution in [2.24, 2.45) is 5.41 Å². The number of halogens is 1. The smallest absolute Gasteiger partial charge is 0.0408 e. The highest BCUT2D eigenvalue weighted by atomic mass is 35.5. The van der Waals surface area contributed by atoms with Gasteiger partial charge in [-0.25, -0.2) is 0 Å². The molecule has 2 heteroatoms. The monoisotopic (exact) mass is 251 g/mol. The van der Waals surface area contributed by atoms with Gasteiger partial charge in [0, 0.05) is 17.1 Å². The Morgan fingerprint density at radius 1 is 1.35 bits per heavy atom. The van der Waals surface area contributed by atoms with Crippen LogP contribution in [0.2, 0.25) is 5.02 Å². The number of fused-ring (bicyclic) bond motifs is 1. The van der Waals surface area contributed by atoms with Crippen molar-refractivity contribution < 1.29 is 0 Å². The maximum Gasteiger partial charge on any atom is 0.0408 e. The Morgan fingerprint density at radius 2 is 2.06 bits per heavy atom. The standard InChI is InChI=1S/C15H22ClN/c1-10(15(2,3)4)17-14-8-5-11-9-12(16)6-7-13(11)14/h6-7,9-10,14,17H,5,8H2,1-4H3. The molecule has 0 aliphatic heterocycles. The van der Waals surface area contributed by atoms with Gasteiger partial charge in [0.25, 0.3) is 0 Å². The fourth-order valence-electron chi connectivity index (χ4n) is 2.31. The second-order valence-corrected chi connectivity index (χ2v) is 6.63. The maximum atomic E-state index is 6.03. The summed E-state index contributed by atoms with van der Waals surface area (Å²) in [4.78, 5) is 0. The molecule has 0 spiro atoms. The normalized spacial score (nSPS) is 21.4. The first kappa shape index (κ1) is 12.9. The molecule has 2 unspecified atom stereocenters. The van der Waals surface area contributed by atoms with Gasteiger partial charge in [-0.15, -0.1) is 0 Å². The first-order valence-corrected chi connectivity index (χ1v) is 6.80. The molecule has 1 aliphatic carbocycles. The molecule has 2 atom stereocenters. The largest absolute Gasteiger partial charge is 0.307 e. The topological polar surface area (TPSA) is 12.0 Å². The summed E-state index contributed by atoms with van der Waals surface area (Å²) in [6.45, 7) is 9.11. The van der Waals surface area contributed by atoms with Gasteiger partial charge in [-0.3, -0.25) is 0 Å². The third-order valence-electron chi connectivity index (χ3n) is 3.93. The molecule has 0 radical (unpaired) electrons. The molecular formula is C15H22ClN. The molecule has 0 saturated heterocycles. The Labute approximate surface area is 110 Å². The van der Waals surface area contributed by atoms with Crippen molar-refractivity contribution >= 4 is 11.6 Å². The van der Waals surface area contributed by atoms with Crippen LogP contribution in [0.1, 0.15) is 51.3 Å². The first-order chi connectivity index (χ1) is 7.88. The SMILES string of the molecule is CC(NC1CCc2cc(Cl)ccc21)C(C)(C)C. The number of rotatable bonds is 2. The molecule has 1 aliphatic rings. The van der Waals surface area contributed by atoms with Crippen LogP contribution in [0.3, 0.4) is 0 Å². The summed E-state index contributed by atoms with van der Waals surface area (Å²) in [5.41, 5.74) is 3.15. The zero-order chi connectivity index (χ0) is 12.6. The lowest BCUT2D eigenvalue weighted by molar-refractivity contribution is 0.262. The highest BCUT2D eigenvalue weighted by molar-refractivity contribution is 6.30. The van der Waals surface area contributed by atoms with E-state index in [1.165, 1.54) is 17.5 Å². The van der Waals surface area contributed by atoms with Crippen LogP contribution in [0.15, 0.2) is 18.2 Å². The van der Waals surface area contributed by atoms with Gasteiger partial charge >= 0.3 is 0 Å². The maximum absolute atomic E-state index is 6.03. The van der Waals surface area contributed by atoms with Crippen LogP contribution in [0.5, 0.6) is 0 Å². The van der Waals surface area contributed by atoms with Crippen molar-refractivity contribution in [3.05, 3.63) is 34.3 Å². The molecule has 94 valence electrons. The molecule has 0 aromatic heterocycles. The van der Waals surface area contributed by atoms with Gasteiger partial charge in [0.15, 0.2) is 0 Å². The number of hydrogen-bond donors (Lipinski definition) is 1. The highest BCUT2D eigenvalue weighted by Crippen LogP contribution is 2.34. The fourth-order valence-corrected chi connectivity index (χ4v) is 2.51. The minimum atomic E-state index is 0.301. The molecule has 17 heavy (non-hydrogen) atoms. The van der Waals surface area contributed by atoms with E-state index in [0.29, 0.717) is 17.5 Å². The molecule has 1 nitrogen and oxygen atoms in total. The second-order valence-electron chi connectivity index (χ2n) is 6.19. The van der Waals surface area contributed by atoms with Crippen LogP contribution in [0.25, 0.3) is 0 Å². The lowest BCUT2D eigenvalue weighted by Gasteiger charge is -2.31. The van der Waals surface area contributed by atoms with Gasteiger partial charge < -0.3 is 5.32 Å². The van der Waals surface area contributed by atoms with Crippen LogP contribution < -0.4 is 5.32 Å². The third kappa shape index (κ3) is 2.83. The van der Waals surface area contributed by atoms with E-state index in [2.05, 4.69) is 45.1 Å². The van der Waals surface area contributed by atoms with Gasteiger partial charge in [0.05, 0.1) is 0 Å². The second kappa shape index (κ2) is 4.62. The van der Waals surface area contributed by atoms with E-state index in [1.54, 1.807) is 0 Å². The van der Waals surface area contributed by atoms with Gasteiger partial charge in [-0.1, -0.05) is 38.4 Å². The van der Waals surface area contributed by atoms with Gasteiger partial charge in [0.1, 0.15) is 0 Å². The summed E-state index contributed by atoms with van der Waals surface area (Å²) >= 11 is 6.03. The number of hydrogen-bond acceptors (Lipinski definition) is 1. The van der Waals surface area contributed by atoms with E-state index in [0.717, 1.165) is 11.4 Å². The van der Waals surface area contributed by atoms with Crippen molar-refractivity contribution in [3.63, 3.8) is 0 Å². The number of nitrogens with one attached hydrogen (secondary N) is 1. The number of benzene rings is 1. The van der Waals surface area contributed by atoms with Crippen molar-refractivity contribution in [1.29, 1.82) is 0 Å². The van der Waals surface area contributed by atoms with E-state index in [1.807, 2.05) is 6.07 Å². The van der Waals surface area contributed by atoms with Gasteiger partial charge in [0.2, 0.25) is 0 Å². The fraction of sp³-hybridized carbons (Fsp3) is 0.600. The zero-order valence-electron chi connectivity index (χ0n) is 11.2. The van der Waals surface area contributed by atoms with E-state index in [-0.39, 0.29) is 0 Å². The van der Waals surface area contributed by atoms with Crippen LogP contribution in [0, 0.1) is 5.41 Å². The van der Waals surface area contributed by atoms with Crippen LogP contribution in [-0.4, -0.2) is 6.04 Å². The lowest BCUT2D eigenvalue weighted by Crippen LogP contribution is -2.39. The summed E-state index contributed by atoms with van der Waals surface area (Å²) in [5.74, 6) is 0. The zero-order valence-corrected chi connectivity index (χ0v) is 11.9. The summed E-state index contributed by atoms with van der Waals surface area (Å²) in [7, 11) is 0. The third-order valence-corrected chi connectivity index (χ3v) is 4.17. The average molecular weight is 252 g/mol. The Bertz CT molecular complexity index is 406. The van der Waals surface area contributed by atoms with Gasteiger partial charge in [-0.05, 0) is 48.4 Å².